The molecule has 2 rings (SSSR count). The van der Waals surface area contributed by atoms with Crippen molar-refractivity contribution in [2.24, 2.45) is 0 Å². The van der Waals surface area contributed by atoms with Gasteiger partial charge in [0.25, 0.3) is 0 Å². The molecule has 0 N–H and O–H groups in total. The lowest BCUT2D eigenvalue weighted by molar-refractivity contribution is -0.161. The van der Waals surface area contributed by atoms with Gasteiger partial charge in [0.1, 0.15) is 11.5 Å². The predicted molar refractivity (Wildman–Crippen MR) is 105 cm³/mol. The summed E-state index contributed by atoms with van der Waals surface area (Å²) in [7, 11) is -1.53. The molecule has 0 aliphatic heterocycles. The van der Waals surface area contributed by atoms with Crippen molar-refractivity contribution in [3.8, 4) is 5.75 Å². The molecule has 0 heterocycles. The van der Waals surface area contributed by atoms with Gasteiger partial charge in [-0.15, -0.1) is 0 Å². The van der Waals surface area contributed by atoms with E-state index >= 15 is 0 Å². The van der Waals surface area contributed by atoms with Crippen LogP contribution in [0.25, 0.3) is 5.76 Å². The van der Waals surface area contributed by atoms with Crippen LogP contribution in [0.5, 0.6) is 5.75 Å². The Labute approximate surface area is 168 Å². The molecule has 2 aromatic carbocycles. The van der Waals surface area contributed by atoms with E-state index in [9.17, 15) is 14.2 Å². The van der Waals surface area contributed by atoms with Gasteiger partial charge in [-0.1, -0.05) is 49.0 Å². The fourth-order valence-corrected chi connectivity index (χ4v) is 2.99. The Morgan fingerprint density at radius 2 is 1.55 bits per heavy atom. The number of phosphoric ester groups is 1. The molecule has 29 heavy (non-hydrogen) atoms. The minimum atomic E-state index is -3.85. The van der Waals surface area contributed by atoms with Gasteiger partial charge in [0.05, 0.1) is 5.56 Å². The summed E-state index contributed by atoms with van der Waals surface area (Å²) < 4.78 is 37.4. The van der Waals surface area contributed by atoms with Gasteiger partial charge in [-0.2, -0.15) is 0 Å². The lowest BCUT2D eigenvalue weighted by Gasteiger charge is -2.19. The summed E-state index contributed by atoms with van der Waals surface area (Å²) in [5, 5.41) is 0. The zero-order chi connectivity index (χ0) is 21.4. The van der Waals surface area contributed by atoms with Crippen LogP contribution in [-0.2, 0) is 32.5 Å². The van der Waals surface area contributed by atoms with Crippen molar-refractivity contribution in [1.82, 2.24) is 0 Å². The SMILES string of the molecule is C=C(OP(=O)(OC)OC)c1ccccc1OC(=O)C(OC(C)=O)c1ccccc1. The molecule has 154 valence electrons. The molecular weight excluding hydrogens is 399 g/mol. The Bertz CT molecular complexity index is 917. The van der Waals surface area contributed by atoms with E-state index in [2.05, 4.69) is 6.58 Å². The molecule has 0 aromatic heterocycles. The minimum absolute atomic E-state index is 0.0642. The molecule has 0 fully saturated rings. The molecule has 0 saturated carbocycles. The summed E-state index contributed by atoms with van der Waals surface area (Å²) in [6.07, 6.45) is -1.26. The highest BCUT2D eigenvalue weighted by Crippen LogP contribution is 2.51. The second-order valence-electron chi connectivity index (χ2n) is 5.64. The van der Waals surface area contributed by atoms with Gasteiger partial charge >= 0.3 is 19.8 Å². The van der Waals surface area contributed by atoms with Crippen molar-refractivity contribution in [1.29, 1.82) is 0 Å². The van der Waals surface area contributed by atoms with Crippen LogP contribution in [0, 0.1) is 0 Å². The van der Waals surface area contributed by atoms with Crippen LogP contribution in [0.1, 0.15) is 24.2 Å². The maximum atomic E-state index is 12.7. The van der Waals surface area contributed by atoms with Gasteiger partial charge in [0.2, 0.25) is 6.10 Å². The van der Waals surface area contributed by atoms with E-state index in [-0.39, 0.29) is 17.1 Å². The molecule has 0 aliphatic carbocycles. The third-order valence-electron chi connectivity index (χ3n) is 3.67. The van der Waals surface area contributed by atoms with Gasteiger partial charge in [-0.3, -0.25) is 13.8 Å². The number of hydrogen-bond donors (Lipinski definition) is 0. The van der Waals surface area contributed by atoms with E-state index in [0.29, 0.717) is 5.56 Å². The standard InChI is InChI=1S/C20H21O8P/c1-14(28-29(23,24-3)25-4)17-12-8-9-13-18(17)27-20(22)19(26-15(2)21)16-10-6-5-7-11-16/h5-13,19H,1H2,2-4H3. The van der Waals surface area contributed by atoms with Crippen molar-refractivity contribution in [3.63, 3.8) is 0 Å². The highest BCUT2D eigenvalue weighted by Gasteiger charge is 2.29. The van der Waals surface area contributed by atoms with Gasteiger partial charge in [-0.25, -0.2) is 9.36 Å². The van der Waals surface area contributed by atoms with Gasteiger partial charge in [-0.05, 0) is 12.1 Å². The number of esters is 2. The van der Waals surface area contributed by atoms with Crippen LogP contribution in [0.4, 0.5) is 0 Å². The Hall–Kier alpha value is -2.93. The number of carbonyl (C=O) groups excluding carboxylic acids is 2. The van der Waals surface area contributed by atoms with Crippen molar-refractivity contribution in [2.45, 2.75) is 13.0 Å². The summed E-state index contributed by atoms with van der Waals surface area (Å²) in [5.74, 6) is -1.50. The van der Waals surface area contributed by atoms with Crippen molar-refractivity contribution in [3.05, 3.63) is 72.3 Å². The number of benzene rings is 2. The van der Waals surface area contributed by atoms with Crippen LogP contribution in [0.15, 0.2) is 61.2 Å². The summed E-state index contributed by atoms with van der Waals surface area (Å²) >= 11 is 0. The van der Waals surface area contributed by atoms with Crippen LogP contribution in [-0.4, -0.2) is 26.2 Å². The summed E-state index contributed by atoms with van der Waals surface area (Å²) in [4.78, 5) is 24.2. The lowest BCUT2D eigenvalue weighted by atomic mass is 10.1. The summed E-state index contributed by atoms with van der Waals surface area (Å²) in [5.41, 5.74) is 0.688. The predicted octanol–water partition coefficient (Wildman–Crippen LogP) is 4.28. The minimum Gasteiger partial charge on any atom is -0.446 e. The average molecular weight is 420 g/mol. The molecule has 0 radical (unpaired) electrons. The van der Waals surface area contributed by atoms with Crippen LogP contribution < -0.4 is 4.74 Å². The van der Waals surface area contributed by atoms with E-state index < -0.39 is 25.9 Å². The lowest BCUT2D eigenvalue weighted by Crippen LogP contribution is -2.23. The van der Waals surface area contributed by atoms with Gasteiger partial charge in [0.15, 0.2) is 0 Å². The Morgan fingerprint density at radius 1 is 0.966 bits per heavy atom. The normalized spacial score (nSPS) is 12.0. The van der Waals surface area contributed by atoms with E-state index in [4.69, 9.17) is 23.0 Å². The number of ether oxygens (including phenoxy) is 2. The zero-order valence-corrected chi connectivity index (χ0v) is 17.1. The van der Waals surface area contributed by atoms with Crippen LogP contribution in [0.2, 0.25) is 0 Å². The molecule has 0 bridgehead atoms. The molecule has 1 unspecified atom stereocenters. The quantitative estimate of drug-likeness (QED) is 0.257. The number of hydrogen-bond acceptors (Lipinski definition) is 8. The molecular formula is C20H21O8P. The molecule has 0 spiro atoms. The highest BCUT2D eigenvalue weighted by molar-refractivity contribution is 7.48. The number of rotatable bonds is 9. The first-order valence-corrected chi connectivity index (χ1v) is 9.89. The smallest absolute Gasteiger partial charge is 0.446 e. The van der Waals surface area contributed by atoms with E-state index in [1.807, 2.05) is 0 Å². The fourth-order valence-electron chi connectivity index (χ4n) is 2.33. The molecule has 0 amide bonds. The topological polar surface area (TPSA) is 97.4 Å². The summed E-state index contributed by atoms with van der Waals surface area (Å²) in [6, 6.07) is 14.7. The van der Waals surface area contributed by atoms with Crippen molar-refractivity contribution in [2.75, 3.05) is 14.2 Å². The van der Waals surface area contributed by atoms with E-state index in [1.54, 1.807) is 48.5 Å². The van der Waals surface area contributed by atoms with E-state index in [0.717, 1.165) is 14.2 Å². The van der Waals surface area contributed by atoms with Crippen LogP contribution >= 0.6 is 7.82 Å². The monoisotopic (exact) mass is 420 g/mol. The molecule has 0 aliphatic rings. The molecule has 8 nitrogen and oxygen atoms in total. The number of carbonyl (C=O) groups is 2. The largest absolute Gasteiger partial charge is 0.529 e. The molecule has 1 atom stereocenters. The third-order valence-corrected chi connectivity index (χ3v) is 5.01. The van der Waals surface area contributed by atoms with Gasteiger partial charge < -0.3 is 14.0 Å². The van der Waals surface area contributed by atoms with Crippen molar-refractivity contribution >= 4 is 25.5 Å². The number of phosphoric acid groups is 1. The van der Waals surface area contributed by atoms with E-state index in [1.165, 1.54) is 13.0 Å². The molecule has 9 heteroatoms. The second kappa shape index (κ2) is 10.0. The first-order valence-electron chi connectivity index (χ1n) is 8.43. The third kappa shape index (κ3) is 6.02. The fraction of sp³-hybridized carbons (Fsp3) is 0.200. The molecule has 2 aromatic rings. The summed E-state index contributed by atoms with van der Waals surface area (Å²) in [6.45, 7) is 4.89. The maximum absolute atomic E-state index is 12.7. The Morgan fingerprint density at radius 3 is 2.14 bits per heavy atom. The van der Waals surface area contributed by atoms with Gasteiger partial charge in [0, 0.05) is 26.7 Å². The first kappa shape index (κ1) is 22.4. The molecule has 0 saturated heterocycles. The Balaban J connectivity index is 2.29. The van der Waals surface area contributed by atoms with Crippen LogP contribution in [0.3, 0.4) is 0 Å². The first-order chi connectivity index (χ1) is 13.8. The maximum Gasteiger partial charge on any atom is 0.529 e. The van der Waals surface area contributed by atoms with Crippen molar-refractivity contribution < 1.29 is 37.2 Å². The Kier molecular flexibility index (Phi) is 7.73. The second-order valence-corrected chi connectivity index (χ2v) is 7.45. The highest BCUT2D eigenvalue weighted by atomic mass is 31.2. The zero-order valence-electron chi connectivity index (χ0n) is 16.2. The number of para-hydroxylation sites is 1. The average Bonchev–Trinajstić information content (AvgIpc) is 2.72.